The van der Waals surface area contributed by atoms with Gasteiger partial charge in [-0.3, -0.25) is 4.98 Å². The van der Waals surface area contributed by atoms with E-state index in [1.54, 1.807) is 42.1 Å². The second-order valence-corrected chi connectivity index (χ2v) is 6.39. The lowest BCUT2D eigenvalue weighted by atomic mass is 10.2. The van der Waals surface area contributed by atoms with Gasteiger partial charge in [-0.15, -0.1) is 0 Å². The normalized spacial score (nSPS) is 10.9. The highest BCUT2D eigenvalue weighted by atomic mass is 35.5. The minimum Gasteiger partial charge on any atom is -0.477 e. The fraction of sp³-hybridized carbons (Fsp3) is 0.176. The van der Waals surface area contributed by atoms with E-state index in [4.69, 9.17) is 23.2 Å². The lowest BCUT2D eigenvalue weighted by Crippen LogP contribution is -2.12. The lowest BCUT2D eigenvalue weighted by molar-refractivity contribution is 0.0685. The van der Waals surface area contributed by atoms with Crippen LogP contribution in [0.5, 0.6) is 0 Å². The van der Waals surface area contributed by atoms with Crippen LogP contribution in [0.2, 0.25) is 10.0 Å². The van der Waals surface area contributed by atoms with Gasteiger partial charge in [0.2, 0.25) is 0 Å². The van der Waals surface area contributed by atoms with Gasteiger partial charge in [0.25, 0.3) is 0 Å². The Hall–Kier alpha value is -2.44. The number of halogens is 2. The second kappa shape index (κ2) is 6.82. The van der Waals surface area contributed by atoms with E-state index >= 15 is 0 Å². The molecule has 0 atom stereocenters. The first-order chi connectivity index (χ1) is 11.9. The Morgan fingerprint density at radius 1 is 1.20 bits per heavy atom. The van der Waals surface area contributed by atoms with Crippen LogP contribution < -0.4 is 0 Å². The minimum atomic E-state index is -1.07. The molecule has 0 aliphatic carbocycles. The van der Waals surface area contributed by atoms with Crippen molar-refractivity contribution in [1.29, 1.82) is 0 Å². The maximum Gasteiger partial charge on any atom is 0.354 e. The standard InChI is InChI=1S/C17H14Cl2N4O2/c1-9-6-20-7-14(21-9)16-22-10(2)15(17(24)25)23(16)8-11-5-12(18)3-4-13(11)19/h3-7H,8H2,1-2H3,(H,24,25). The van der Waals surface area contributed by atoms with E-state index in [9.17, 15) is 9.90 Å². The van der Waals surface area contributed by atoms with Crippen LogP contribution in [0.4, 0.5) is 0 Å². The summed E-state index contributed by atoms with van der Waals surface area (Å²) in [7, 11) is 0. The first kappa shape index (κ1) is 17.4. The van der Waals surface area contributed by atoms with Crippen molar-refractivity contribution in [1.82, 2.24) is 19.5 Å². The van der Waals surface area contributed by atoms with Crippen molar-refractivity contribution < 1.29 is 9.90 Å². The molecule has 0 radical (unpaired) electrons. The summed E-state index contributed by atoms with van der Waals surface area (Å²) < 4.78 is 1.57. The van der Waals surface area contributed by atoms with Crippen molar-refractivity contribution >= 4 is 29.2 Å². The Bertz CT molecular complexity index is 969. The molecular weight excluding hydrogens is 363 g/mol. The maximum absolute atomic E-state index is 11.7. The van der Waals surface area contributed by atoms with Gasteiger partial charge in [0.15, 0.2) is 11.5 Å². The number of hydrogen-bond donors (Lipinski definition) is 1. The highest BCUT2D eigenvalue weighted by Crippen LogP contribution is 2.26. The Kier molecular flexibility index (Phi) is 4.74. The maximum atomic E-state index is 11.7. The number of aromatic carboxylic acids is 1. The highest BCUT2D eigenvalue weighted by Gasteiger charge is 2.22. The quantitative estimate of drug-likeness (QED) is 0.743. The molecule has 1 N–H and O–H groups in total. The smallest absolute Gasteiger partial charge is 0.354 e. The van der Waals surface area contributed by atoms with E-state index < -0.39 is 5.97 Å². The van der Waals surface area contributed by atoms with Crippen LogP contribution in [0.1, 0.15) is 27.4 Å². The van der Waals surface area contributed by atoms with Crippen LogP contribution in [0.25, 0.3) is 11.5 Å². The molecule has 6 nitrogen and oxygen atoms in total. The van der Waals surface area contributed by atoms with Crippen molar-refractivity contribution in [2.24, 2.45) is 0 Å². The second-order valence-electron chi connectivity index (χ2n) is 5.54. The highest BCUT2D eigenvalue weighted by molar-refractivity contribution is 6.33. The van der Waals surface area contributed by atoms with Crippen LogP contribution >= 0.6 is 23.2 Å². The fourth-order valence-corrected chi connectivity index (χ4v) is 2.97. The van der Waals surface area contributed by atoms with E-state index in [0.717, 1.165) is 0 Å². The summed E-state index contributed by atoms with van der Waals surface area (Å²) in [5, 5.41) is 10.6. The van der Waals surface area contributed by atoms with Gasteiger partial charge >= 0.3 is 5.97 Å². The molecule has 0 aliphatic heterocycles. The SMILES string of the molecule is Cc1cncc(-c2nc(C)c(C(=O)O)n2Cc2cc(Cl)ccc2Cl)n1. The molecule has 25 heavy (non-hydrogen) atoms. The molecule has 128 valence electrons. The first-order valence-electron chi connectivity index (χ1n) is 7.40. The average molecular weight is 377 g/mol. The molecule has 3 rings (SSSR count). The van der Waals surface area contributed by atoms with Crippen LogP contribution in [0.3, 0.4) is 0 Å². The van der Waals surface area contributed by atoms with Crippen molar-refractivity contribution in [2.45, 2.75) is 20.4 Å². The van der Waals surface area contributed by atoms with Gasteiger partial charge in [-0.1, -0.05) is 23.2 Å². The number of aromatic nitrogens is 4. The predicted molar refractivity (Wildman–Crippen MR) is 95.3 cm³/mol. The summed E-state index contributed by atoms with van der Waals surface area (Å²) in [6, 6.07) is 5.06. The molecule has 0 unspecified atom stereocenters. The number of nitrogens with zero attached hydrogens (tertiary/aromatic N) is 4. The molecule has 1 aromatic carbocycles. The number of imidazole rings is 1. The van der Waals surface area contributed by atoms with E-state index in [1.807, 2.05) is 6.92 Å². The van der Waals surface area contributed by atoms with Gasteiger partial charge in [0.05, 0.1) is 24.1 Å². The molecule has 0 aliphatic rings. The number of benzene rings is 1. The molecule has 0 saturated heterocycles. The molecule has 0 fully saturated rings. The van der Waals surface area contributed by atoms with Crippen molar-refractivity contribution in [3.63, 3.8) is 0 Å². The van der Waals surface area contributed by atoms with Crippen LogP contribution in [0.15, 0.2) is 30.6 Å². The van der Waals surface area contributed by atoms with Gasteiger partial charge in [0, 0.05) is 16.2 Å². The van der Waals surface area contributed by atoms with Crippen molar-refractivity contribution in [3.05, 3.63) is 63.3 Å². The van der Waals surface area contributed by atoms with Crippen molar-refractivity contribution in [3.8, 4) is 11.5 Å². The summed E-state index contributed by atoms with van der Waals surface area (Å²) >= 11 is 12.3. The Morgan fingerprint density at radius 3 is 2.64 bits per heavy atom. The monoisotopic (exact) mass is 376 g/mol. The molecule has 2 heterocycles. The van der Waals surface area contributed by atoms with Gasteiger partial charge in [0.1, 0.15) is 5.69 Å². The average Bonchev–Trinajstić information content (AvgIpc) is 2.87. The zero-order chi connectivity index (χ0) is 18.1. The number of carbonyl (C=O) groups is 1. The van der Waals surface area contributed by atoms with Crippen molar-refractivity contribution in [2.75, 3.05) is 0 Å². The predicted octanol–water partition coefficient (Wildman–Crippen LogP) is 4.01. The summed E-state index contributed by atoms with van der Waals surface area (Å²) in [5.74, 6) is -0.655. The van der Waals surface area contributed by atoms with Crippen LogP contribution in [-0.2, 0) is 6.54 Å². The molecule has 3 aromatic rings. The van der Waals surface area contributed by atoms with E-state index in [-0.39, 0.29) is 12.2 Å². The molecule has 2 aromatic heterocycles. The Morgan fingerprint density at radius 2 is 1.96 bits per heavy atom. The van der Waals surface area contributed by atoms with Crippen LogP contribution in [0, 0.1) is 13.8 Å². The largest absolute Gasteiger partial charge is 0.477 e. The zero-order valence-corrected chi connectivity index (χ0v) is 15.0. The number of aryl methyl sites for hydroxylation is 2. The topological polar surface area (TPSA) is 80.9 Å². The van der Waals surface area contributed by atoms with E-state index in [1.165, 1.54) is 0 Å². The van der Waals surface area contributed by atoms with E-state index in [2.05, 4.69) is 15.0 Å². The summed E-state index contributed by atoms with van der Waals surface area (Å²) in [5.41, 5.74) is 2.37. The third-order valence-electron chi connectivity index (χ3n) is 3.66. The number of carboxylic acids is 1. The zero-order valence-electron chi connectivity index (χ0n) is 13.5. The lowest BCUT2D eigenvalue weighted by Gasteiger charge is -2.12. The van der Waals surface area contributed by atoms with Crippen LogP contribution in [-0.4, -0.2) is 30.6 Å². The first-order valence-corrected chi connectivity index (χ1v) is 8.15. The van der Waals surface area contributed by atoms with Gasteiger partial charge < -0.3 is 9.67 Å². The summed E-state index contributed by atoms with van der Waals surface area (Å²) in [4.78, 5) is 24.7. The van der Waals surface area contributed by atoms with Gasteiger partial charge in [-0.25, -0.2) is 14.8 Å². The Balaban J connectivity index is 2.19. The third-order valence-corrected chi connectivity index (χ3v) is 4.27. The Labute approximate surface area is 154 Å². The van der Waals surface area contributed by atoms with Gasteiger partial charge in [-0.05, 0) is 37.6 Å². The number of hydrogen-bond acceptors (Lipinski definition) is 4. The molecule has 0 bridgehead atoms. The minimum absolute atomic E-state index is 0.0781. The summed E-state index contributed by atoms with van der Waals surface area (Å²) in [6.07, 6.45) is 3.17. The third kappa shape index (κ3) is 3.50. The summed E-state index contributed by atoms with van der Waals surface area (Å²) in [6.45, 7) is 3.65. The number of rotatable bonds is 4. The fourth-order valence-electron chi connectivity index (χ4n) is 2.60. The molecule has 8 heteroatoms. The molecule has 0 saturated carbocycles. The molecular formula is C17H14Cl2N4O2. The molecule has 0 spiro atoms. The number of carboxylic acid groups (broad SMARTS) is 1. The van der Waals surface area contributed by atoms with E-state index in [0.29, 0.717) is 38.5 Å². The van der Waals surface area contributed by atoms with Gasteiger partial charge in [-0.2, -0.15) is 0 Å². The molecule has 0 amide bonds.